The van der Waals surface area contributed by atoms with Crippen LogP contribution in [-0.4, -0.2) is 34.8 Å². The van der Waals surface area contributed by atoms with E-state index >= 15 is 0 Å². The zero-order valence-corrected chi connectivity index (χ0v) is 13.5. The van der Waals surface area contributed by atoms with Crippen LogP contribution in [0.3, 0.4) is 0 Å². The third kappa shape index (κ3) is 2.46. The predicted octanol–water partition coefficient (Wildman–Crippen LogP) is 2.87. The van der Waals surface area contributed by atoms with Gasteiger partial charge in [-0.05, 0) is 36.8 Å². The van der Waals surface area contributed by atoms with Crippen molar-refractivity contribution in [3.05, 3.63) is 53.2 Å². The molecule has 1 aromatic heterocycles. The second-order valence-corrected chi connectivity index (χ2v) is 5.97. The summed E-state index contributed by atoms with van der Waals surface area (Å²) in [6.45, 7) is 2.71. The van der Waals surface area contributed by atoms with Crippen molar-refractivity contribution in [1.29, 1.82) is 0 Å². The summed E-state index contributed by atoms with van der Waals surface area (Å²) in [6, 6.07) is 11.6. The number of nitrogens with one attached hydrogen (secondary N) is 1. The molecule has 0 bridgehead atoms. The van der Waals surface area contributed by atoms with Gasteiger partial charge in [0.2, 0.25) is 6.79 Å². The minimum atomic E-state index is -0.121. The van der Waals surface area contributed by atoms with Crippen molar-refractivity contribution in [3.63, 3.8) is 0 Å². The van der Waals surface area contributed by atoms with Crippen LogP contribution >= 0.6 is 0 Å². The van der Waals surface area contributed by atoms with E-state index in [0.29, 0.717) is 18.0 Å². The summed E-state index contributed by atoms with van der Waals surface area (Å²) in [5.41, 5.74) is 3.37. The Morgan fingerprint density at radius 2 is 2.04 bits per heavy atom. The van der Waals surface area contributed by atoms with Gasteiger partial charge in [0.1, 0.15) is 0 Å². The number of ether oxygens (including phenoxy) is 2. The topological polar surface area (TPSA) is 67.5 Å². The summed E-state index contributed by atoms with van der Waals surface area (Å²) in [6.07, 6.45) is 0. The van der Waals surface area contributed by atoms with E-state index in [-0.39, 0.29) is 12.7 Å². The van der Waals surface area contributed by atoms with Gasteiger partial charge in [0.25, 0.3) is 5.91 Å². The predicted molar refractivity (Wildman–Crippen MR) is 89.2 cm³/mol. The van der Waals surface area contributed by atoms with Crippen molar-refractivity contribution in [2.75, 3.05) is 13.8 Å². The smallest absolute Gasteiger partial charge is 0.275 e. The van der Waals surface area contributed by atoms with E-state index in [9.17, 15) is 4.79 Å². The van der Waals surface area contributed by atoms with Gasteiger partial charge in [0.05, 0.1) is 5.52 Å². The molecule has 2 heterocycles. The zero-order valence-electron chi connectivity index (χ0n) is 13.5. The molecular formula is C18H17N3O3. The molecule has 0 unspecified atom stereocenters. The van der Waals surface area contributed by atoms with Gasteiger partial charge in [-0.1, -0.05) is 17.7 Å². The van der Waals surface area contributed by atoms with Crippen molar-refractivity contribution >= 4 is 16.8 Å². The Bertz CT molecular complexity index is 932. The van der Waals surface area contributed by atoms with Crippen LogP contribution in [0.15, 0.2) is 36.4 Å². The van der Waals surface area contributed by atoms with E-state index in [1.165, 1.54) is 0 Å². The number of hydrogen-bond acceptors (Lipinski definition) is 4. The largest absolute Gasteiger partial charge is 0.454 e. The molecule has 0 aliphatic carbocycles. The number of carbonyl (C=O) groups is 1. The van der Waals surface area contributed by atoms with Crippen LogP contribution in [-0.2, 0) is 6.54 Å². The molecule has 3 aromatic rings. The number of fused-ring (bicyclic) bond motifs is 2. The fourth-order valence-electron chi connectivity index (χ4n) is 2.86. The first-order chi connectivity index (χ1) is 11.6. The third-order valence-corrected chi connectivity index (χ3v) is 4.12. The minimum absolute atomic E-state index is 0.121. The lowest BCUT2D eigenvalue weighted by Crippen LogP contribution is -2.26. The normalized spacial score (nSPS) is 12.6. The van der Waals surface area contributed by atoms with Gasteiger partial charge < -0.3 is 14.4 Å². The van der Waals surface area contributed by atoms with Crippen LogP contribution in [0, 0.1) is 6.92 Å². The van der Waals surface area contributed by atoms with E-state index in [1.807, 2.05) is 43.3 Å². The molecule has 122 valence electrons. The number of rotatable bonds is 3. The maximum Gasteiger partial charge on any atom is 0.275 e. The van der Waals surface area contributed by atoms with Crippen molar-refractivity contribution in [2.24, 2.45) is 0 Å². The number of carbonyl (C=O) groups excluding carboxylic acids is 1. The monoisotopic (exact) mass is 323 g/mol. The molecule has 0 atom stereocenters. The molecule has 0 saturated heterocycles. The fourth-order valence-corrected chi connectivity index (χ4v) is 2.86. The Kier molecular flexibility index (Phi) is 3.37. The molecule has 1 N–H and O–H groups in total. The van der Waals surface area contributed by atoms with Gasteiger partial charge in [-0.25, -0.2) is 0 Å². The van der Waals surface area contributed by atoms with E-state index in [2.05, 4.69) is 10.2 Å². The van der Waals surface area contributed by atoms with E-state index in [4.69, 9.17) is 9.47 Å². The lowest BCUT2D eigenvalue weighted by molar-refractivity contribution is 0.0781. The maximum absolute atomic E-state index is 12.8. The number of aryl methyl sites for hydroxylation is 1. The zero-order chi connectivity index (χ0) is 16.7. The molecular weight excluding hydrogens is 306 g/mol. The van der Waals surface area contributed by atoms with Crippen LogP contribution in [0.4, 0.5) is 0 Å². The second kappa shape index (κ2) is 5.56. The fraction of sp³-hybridized carbons (Fsp3) is 0.222. The quantitative estimate of drug-likeness (QED) is 0.805. The van der Waals surface area contributed by atoms with Gasteiger partial charge in [0.15, 0.2) is 17.2 Å². The molecule has 0 radical (unpaired) electrons. The Morgan fingerprint density at radius 1 is 1.21 bits per heavy atom. The first-order valence-corrected chi connectivity index (χ1v) is 7.70. The van der Waals surface area contributed by atoms with E-state index < -0.39 is 0 Å². The van der Waals surface area contributed by atoms with Crippen LogP contribution in [0.5, 0.6) is 11.5 Å². The number of hydrogen-bond donors (Lipinski definition) is 1. The number of benzene rings is 2. The molecule has 1 amide bonds. The van der Waals surface area contributed by atoms with Gasteiger partial charge in [-0.2, -0.15) is 5.10 Å². The summed E-state index contributed by atoms with van der Waals surface area (Å²) in [5, 5.41) is 7.96. The SMILES string of the molecule is Cc1ccc2[nH]nc(C(=O)N(C)Cc3ccc4c(c3)OCO4)c2c1. The standard InChI is InChI=1S/C18H17N3O3/c1-11-3-5-14-13(7-11)17(20-19-14)18(22)21(2)9-12-4-6-15-16(8-12)24-10-23-15/h3-8H,9-10H2,1-2H3,(H,19,20). The molecule has 4 rings (SSSR count). The number of H-pyrrole nitrogens is 1. The molecule has 6 heteroatoms. The molecule has 0 saturated carbocycles. The highest BCUT2D eigenvalue weighted by Gasteiger charge is 2.20. The summed E-state index contributed by atoms with van der Waals surface area (Å²) < 4.78 is 10.7. The first kappa shape index (κ1) is 14.6. The van der Waals surface area contributed by atoms with Crippen molar-refractivity contribution < 1.29 is 14.3 Å². The number of amides is 1. The van der Waals surface area contributed by atoms with E-state index in [1.54, 1.807) is 11.9 Å². The highest BCUT2D eigenvalue weighted by atomic mass is 16.7. The van der Waals surface area contributed by atoms with Crippen molar-refractivity contribution in [3.8, 4) is 11.5 Å². The van der Waals surface area contributed by atoms with Crippen LogP contribution in [0.2, 0.25) is 0 Å². The molecule has 6 nitrogen and oxygen atoms in total. The summed E-state index contributed by atoms with van der Waals surface area (Å²) >= 11 is 0. The maximum atomic E-state index is 12.8. The minimum Gasteiger partial charge on any atom is -0.454 e. The van der Waals surface area contributed by atoms with Gasteiger partial charge in [0, 0.05) is 19.0 Å². The van der Waals surface area contributed by atoms with Crippen LogP contribution < -0.4 is 9.47 Å². The van der Waals surface area contributed by atoms with E-state index in [0.717, 1.165) is 27.8 Å². The van der Waals surface area contributed by atoms with Gasteiger partial charge in [-0.15, -0.1) is 0 Å². The van der Waals surface area contributed by atoms with Gasteiger partial charge >= 0.3 is 0 Å². The number of aromatic amines is 1. The summed E-state index contributed by atoms with van der Waals surface area (Å²) in [4.78, 5) is 14.4. The molecule has 0 fully saturated rings. The number of nitrogens with zero attached hydrogens (tertiary/aromatic N) is 2. The average molecular weight is 323 g/mol. The van der Waals surface area contributed by atoms with Crippen molar-refractivity contribution in [1.82, 2.24) is 15.1 Å². The Balaban J connectivity index is 1.58. The molecule has 1 aliphatic heterocycles. The highest BCUT2D eigenvalue weighted by molar-refractivity contribution is 6.04. The summed E-state index contributed by atoms with van der Waals surface area (Å²) in [7, 11) is 1.77. The lowest BCUT2D eigenvalue weighted by atomic mass is 10.1. The Hall–Kier alpha value is -3.02. The summed E-state index contributed by atoms with van der Waals surface area (Å²) in [5.74, 6) is 1.33. The third-order valence-electron chi connectivity index (χ3n) is 4.12. The second-order valence-electron chi connectivity index (χ2n) is 5.97. The average Bonchev–Trinajstić information content (AvgIpc) is 3.19. The van der Waals surface area contributed by atoms with Crippen LogP contribution in [0.1, 0.15) is 21.6 Å². The number of aromatic nitrogens is 2. The molecule has 24 heavy (non-hydrogen) atoms. The molecule has 0 spiro atoms. The Morgan fingerprint density at radius 3 is 2.92 bits per heavy atom. The van der Waals surface area contributed by atoms with Gasteiger partial charge in [-0.3, -0.25) is 9.89 Å². The highest BCUT2D eigenvalue weighted by Crippen LogP contribution is 2.32. The lowest BCUT2D eigenvalue weighted by Gasteiger charge is -2.16. The molecule has 2 aromatic carbocycles. The van der Waals surface area contributed by atoms with Crippen LogP contribution in [0.25, 0.3) is 10.9 Å². The van der Waals surface area contributed by atoms with Crippen molar-refractivity contribution in [2.45, 2.75) is 13.5 Å². The Labute approximate surface area is 139 Å². The first-order valence-electron chi connectivity index (χ1n) is 7.70. The molecule has 1 aliphatic rings.